The first-order valence-electron chi connectivity index (χ1n) is 12.4. The number of halogens is 1. The SMILES string of the molecule is C=NC(C[C@H](C)S(=O)(=O)Nc1nnc(-c2cccc(C(=O)NCC)n2)n1-c1c(OC)cccc1OC)=N/C=C(\C)F. The van der Waals surface area contributed by atoms with Crippen molar-refractivity contribution in [2.45, 2.75) is 32.4 Å². The molecular weight excluding hydrogens is 555 g/mol. The number of methoxy groups -OCH3 is 2. The van der Waals surface area contributed by atoms with Crippen LogP contribution >= 0.6 is 0 Å². The Balaban J connectivity index is 2.17. The molecule has 1 atom stereocenters. The van der Waals surface area contributed by atoms with Crippen molar-refractivity contribution < 1.29 is 27.1 Å². The average molecular weight is 587 g/mol. The molecule has 0 aliphatic heterocycles. The van der Waals surface area contributed by atoms with Crippen LogP contribution in [0.15, 0.2) is 58.4 Å². The highest BCUT2D eigenvalue weighted by Gasteiger charge is 2.29. The van der Waals surface area contributed by atoms with Gasteiger partial charge in [0, 0.05) is 13.0 Å². The number of nitrogens with zero attached hydrogens (tertiary/aromatic N) is 6. The van der Waals surface area contributed by atoms with Crippen LogP contribution in [0.5, 0.6) is 11.5 Å². The largest absolute Gasteiger partial charge is 0.494 e. The fourth-order valence-corrected chi connectivity index (χ4v) is 4.59. The van der Waals surface area contributed by atoms with Gasteiger partial charge in [-0.2, -0.15) is 0 Å². The standard InChI is InChI=1S/C26H31FN8O5S/c1-7-29-25(36)19-11-8-10-18(31-19)24-32-33-26(35(24)23-20(39-5)12-9-13-21(23)40-6)34-41(37,38)17(3)14-22(28-4)30-15-16(2)27/h8-13,15,17H,4,7,14H2,1-3,5-6H3,(H,29,36)(H,33,34)/b16-15+,30-22?/t17-/m0/s1. The zero-order valence-electron chi connectivity index (χ0n) is 23.3. The summed E-state index contributed by atoms with van der Waals surface area (Å²) in [5.41, 5.74) is 0.640. The lowest BCUT2D eigenvalue weighted by Gasteiger charge is -2.19. The number of pyridine rings is 1. The molecule has 0 spiro atoms. The number of hydrogen-bond donors (Lipinski definition) is 2. The summed E-state index contributed by atoms with van der Waals surface area (Å²) in [7, 11) is -1.26. The van der Waals surface area contributed by atoms with Crippen LogP contribution in [0.25, 0.3) is 17.2 Å². The molecule has 0 bridgehead atoms. The Morgan fingerprint density at radius 1 is 1.17 bits per heavy atom. The number of allylic oxidation sites excluding steroid dienone is 1. The number of amidine groups is 1. The number of amides is 1. The first-order chi connectivity index (χ1) is 19.6. The van der Waals surface area contributed by atoms with E-state index < -0.39 is 27.0 Å². The van der Waals surface area contributed by atoms with Crippen molar-refractivity contribution in [1.82, 2.24) is 25.1 Å². The summed E-state index contributed by atoms with van der Waals surface area (Å²) in [5, 5.41) is 9.91. The first kappa shape index (κ1) is 30.9. The number of para-hydroxylation sites is 1. The molecule has 1 aromatic carbocycles. The van der Waals surface area contributed by atoms with E-state index in [4.69, 9.17) is 9.47 Å². The number of ether oxygens (including phenoxy) is 2. The van der Waals surface area contributed by atoms with E-state index in [9.17, 15) is 17.6 Å². The molecule has 0 unspecified atom stereocenters. The van der Waals surface area contributed by atoms with Gasteiger partial charge in [-0.15, -0.1) is 10.2 Å². The topological polar surface area (TPSA) is 162 Å². The molecule has 3 aromatic rings. The van der Waals surface area contributed by atoms with Gasteiger partial charge in [-0.25, -0.2) is 27.8 Å². The highest BCUT2D eigenvalue weighted by atomic mass is 32.2. The fraction of sp³-hybridized carbons (Fsp3) is 0.308. The zero-order valence-corrected chi connectivity index (χ0v) is 24.1. The molecule has 0 fully saturated rings. The summed E-state index contributed by atoms with van der Waals surface area (Å²) in [4.78, 5) is 24.4. The Labute approximate surface area is 237 Å². The van der Waals surface area contributed by atoms with Crippen molar-refractivity contribution in [1.29, 1.82) is 0 Å². The normalized spacial score (nSPS) is 12.9. The molecule has 1 amide bonds. The van der Waals surface area contributed by atoms with E-state index >= 15 is 0 Å². The third-order valence-electron chi connectivity index (χ3n) is 5.64. The summed E-state index contributed by atoms with van der Waals surface area (Å²) in [6, 6.07) is 9.76. The van der Waals surface area contributed by atoms with Gasteiger partial charge in [0.15, 0.2) is 5.82 Å². The van der Waals surface area contributed by atoms with Crippen molar-refractivity contribution in [3.63, 3.8) is 0 Å². The predicted molar refractivity (Wildman–Crippen MR) is 154 cm³/mol. The van der Waals surface area contributed by atoms with Crippen molar-refractivity contribution in [3.8, 4) is 28.7 Å². The number of benzene rings is 1. The van der Waals surface area contributed by atoms with Crippen molar-refractivity contribution in [2.75, 3.05) is 25.5 Å². The van der Waals surface area contributed by atoms with E-state index in [1.54, 1.807) is 37.3 Å². The van der Waals surface area contributed by atoms with Gasteiger partial charge in [0.1, 0.15) is 40.2 Å². The van der Waals surface area contributed by atoms with E-state index in [1.165, 1.54) is 38.7 Å². The number of rotatable bonds is 12. The second kappa shape index (κ2) is 13.6. The van der Waals surface area contributed by atoms with E-state index in [0.717, 1.165) is 6.20 Å². The Bertz CT molecular complexity index is 1560. The lowest BCUT2D eigenvalue weighted by Crippen LogP contribution is -2.28. The summed E-state index contributed by atoms with van der Waals surface area (Å²) in [5.74, 6) is -0.408. The van der Waals surface area contributed by atoms with Gasteiger partial charge in [0.05, 0.1) is 25.7 Å². The van der Waals surface area contributed by atoms with Gasteiger partial charge in [0.25, 0.3) is 5.91 Å². The highest BCUT2D eigenvalue weighted by molar-refractivity contribution is 7.93. The molecule has 218 valence electrons. The Morgan fingerprint density at radius 3 is 2.41 bits per heavy atom. The number of anilines is 1. The number of aromatic nitrogens is 4. The summed E-state index contributed by atoms with van der Waals surface area (Å²) >= 11 is 0. The molecule has 15 heteroatoms. The van der Waals surface area contributed by atoms with E-state index in [1.807, 2.05) is 0 Å². The molecule has 13 nitrogen and oxygen atoms in total. The molecule has 0 aliphatic rings. The quantitative estimate of drug-likeness (QED) is 0.241. The van der Waals surface area contributed by atoms with E-state index in [-0.39, 0.29) is 41.1 Å². The average Bonchev–Trinajstić information content (AvgIpc) is 3.36. The van der Waals surface area contributed by atoms with Crippen LogP contribution in [0.4, 0.5) is 10.3 Å². The minimum atomic E-state index is -4.15. The number of aliphatic imine (C=N–C) groups is 2. The summed E-state index contributed by atoms with van der Waals surface area (Å²) < 4.78 is 54.9. The molecule has 3 rings (SSSR count). The summed E-state index contributed by atoms with van der Waals surface area (Å²) in [6.45, 7) is 8.19. The number of carbonyl (C=O) groups excluding carboxylic acids is 1. The number of carbonyl (C=O) groups is 1. The fourth-order valence-electron chi connectivity index (χ4n) is 3.63. The van der Waals surface area contributed by atoms with E-state index in [0.29, 0.717) is 18.0 Å². The molecule has 0 aliphatic carbocycles. The van der Waals surface area contributed by atoms with Gasteiger partial charge in [-0.05, 0) is 51.8 Å². The Morgan fingerprint density at radius 2 is 1.83 bits per heavy atom. The third kappa shape index (κ3) is 7.30. The third-order valence-corrected chi connectivity index (χ3v) is 7.34. The van der Waals surface area contributed by atoms with Crippen molar-refractivity contribution in [3.05, 3.63) is 54.1 Å². The molecule has 2 aromatic heterocycles. The van der Waals surface area contributed by atoms with E-state index in [2.05, 4.69) is 41.9 Å². The van der Waals surface area contributed by atoms with Gasteiger partial charge < -0.3 is 14.8 Å². The number of nitrogens with one attached hydrogen (secondary N) is 2. The maximum absolute atomic E-state index is 13.4. The smallest absolute Gasteiger partial charge is 0.269 e. The zero-order chi connectivity index (χ0) is 30.2. The molecule has 0 saturated heterocycles. The van der Waals surface area contributed by atoms with Crippen LogP contribution in [0.2, 0.25) is 0 Å². The van der Waals surface area contributed by atoms with Gasteiger partial charge in [0.2, 0.25) is 16.0 Å². The Kier molecular flexibility index (Phi) is 10.2. The van der Waals surface area contributed by atoms with Crippen molar-refractivity contribution >= 4 is 34.4 Å². The number of sulfonamides is 1. The molecule has 41 heavy (non-hydrogen) atoms. The lowest BCUT2D eigenvalue weighted by molar-refractivity contribution is 0.0951. The second-order valence-electron chi connectivity index (χ2n) is 8.54. The molecular formula is C26H31FN8O5S. The predicted octanol–water partition coefficient (Wildman–Crippen LogP) is 3.55. The lowest BCUT2D eigenvalue weighted by atomic mass is 10.2. The van der Waals surface area contributed by atoms with Crippen LogP contribution in [0, 0.1) is 0 Å². The van der Waals surface area contributed by atoms with Gasteiger partial charge >= 0.3 is 0 Å². The van der Waals surface area contributed by atoms with Gasteiger partial charge in [-0.3, -0.25) is 14.1 Å². The second-order valence-corrected chi connectivity index (χ2v) is 10.6. The van der Waals surface area contributed by atoms with Crippen LogP contribution in [-0.4, -0.2) is 72.6 Å². The first-order valence-corrected chi connectivity index (χ1v) is 13.9. The monoisotopic (exact) mass is 586 g/mol. The van der Waals surface area contributed by atoms with Crippen LogP contribution in [0.3, 0.4) is 0 Å². The van der Waals surface area contributed by atoms with Crippen molar-refractivity contribution in [2.24, 2.45) is 9.98 Å². The number of hydrogen-bond acceptors (Lipinski definition) is 9. The summed E-state index contributed by atoms with van der Waals surface area (Å²) in [6.07, 6.45) is 0.757. The highest BCUT2D eigenvalue weighted by Crippen LogP contribution is 2.37. The van der Waals surface area contributed by atoms with Gasteiger partial charge in [-0.1, -0.05) is 12.1 Å². The molecule has 0 saturated carbocycles. The van der Waals surface area contributed by atoms with Crippen LogP contribution < -0.4 is 19.5 Å². The minimum absolute atomic E-state index is 0.0276. The van der Waals surface area contributed by atoms with Crippen LogP contribution in [0.1, 0.15) is 37.7 Å². The maximum atomic E-state index is 13.4. The molecule has 2 N–H and O–H groups in total. The van der Waals surface area contributed by atoms with Crippen LogP contribution in [-0.2, 0) is 10.0 Å². The minimum Gasteiger partial charge on any atom is -0.494 e. The molecule has 0 radical (unpaired) electrons. The molecule has 2 heterocycles. The maximum Gasteiger partial charge on any atom is 0.269 e. The Hall–Kier alpha value is -4.66.